The topological polar surface area (TPSA) is 37.8 Å². The van der Waals surface area contributed by atoms with E-state index in [1.807, 2.05) is 13.8 Å². The standard InChI is InChI=1S/C14H22ClN3/c1-10-12(15)17-11(2)18-13(10)16-9-14(3)7-5-4-6-8-14/h4-9H2,1-3H3,(H,16,17,18). The van der Waals surface area contributed by atoms with Crippen molar-refractivity contribution in [1.29, 1.82) is 0 Å². The largest absolute Gasteiger partial charge is 0.369 e. The number of halogens is 1. The van der Waals surface area contributed by atoms with Crippen LogP contribution in [0.4, 0.5) is 5.82 Å². The molecule has 0 unspecified atom stereocenters. The van der Waals surface area contributed by atoms with Gasteiger partial charge in [-0.25, -0.2) is 9.97 Å². The van der Waals surface area contributed by atoms with E-state index in [0.29, 0.717) is 10.6 Å². The first-order valence-electron chi connectivity index (χ1n) is 6.75. The summed E-state index contributed by atoms with van der Waals surface area (Å²) in [6.45, 7) is 7.18. The highest BCUT2D eigenvalue weighted by molar-refractivity contribution is 6.30. The molecule has 1 N–H and O–H groups in total. The van der Waals surface area contributed by atoms with Crippen LogP contribution in [0.5, 0.6) is 0 Å². The molecule has 1 aromatic rings. The van der Waals surface area contributed by atoms with E-state index >= 15 is 0 Å². The number of aryl methyl sites for hydroxylation is 1. The summed E-state index contributed by atoms with van der Waals surface area (Å²) in [5.74, 6) is 1.61. The molecule has 1 aromatic heterocycles. The molecule has 4 heteroatoms. The molecule has 0 amide bonds. The number of rotatable bonds is 3. The smallest absolute Gasteiger partial charge is 0.137 e. The number of nitrogens with one attached hydrogen (secondary N) is 1. The highest BCUT2D eigenvalue weighted by Gasteiger charge is 2.26. The van der Waals surface area contributed by atoms with Crippen molar-refractivity contribution in [2.75, 3.05) is 11.9 Å². The molecule has 1 aliphatic carbocycles. The van der Waals surface area contributed by atoms with Gasteiger partial charge in [0.2, 0.25) is 0 Å². The fraction of sp³-hybridized carbons (Fsp3) is 0.714. The van der Waals surface area contributed by atoms with Crippen molar-refractivity contribution in [1.82, 2.24) is 9.97 Å². The maximum absolute atomic E-state index is 6.08. The molecule has 0 aliphatic heterocycles. The molecule has 100 valence electrons. The third kappa shape index (κ3) is 3.14. The van der Waals surface area contributed by atoms with Crippen LogP contribution in [0.2, 0.25) is 5.15 Å². The minimum absolute atomic E-state index is 0.399. The summed E-state index contributed by atoms with van der Waals surface area (Å²) in [5, 5.41) is 4.02. The van der Waals surface area contributed by atoms with Gasteiger partial charge in [0.15, 0.2) is 0 Å². The Bertz CT molecular complexity index is 425. The van der Waals surface area contributed by atoms with Gasteiger partial charge in [0.1, 0.15) is 16.8 Å². The lowest BCUT2D eigenvalue weighted by Gasteiger charge is -2.34. The minimum atomic E-state index is 0.399. The molecule has 0 bridgehead atoms. The van der Waals surface area contributed by atoms with Gasteiger partial charge in [-0.15, -0.1) is 0 Å². The van der Waals surface area contributed by atoms with Gasteiger partial charge in [0, 0.05) is 12.1 Å². The highest BCUT2D eigenvalue weighted by Crippen LogP contribution is 2.36. The van der Waals surface area contributed by atoms with Gasteiger partial charge in [-0.1, -0.05) is 37.8 Å². The molecule has 0 saturated heterocycles. The molecule has 0 spiro atoms. The second-order valence-electron chi connectivity index (χ2n) is 5.76. The lowest BCUT2D eigenvalue weighted by atomic mass is 9.76. The van der Waals surface area contributed by atoms with Crippen molar-refractivity contribution < 1.29 is 0 Å². The van der Waals surface area contributed by atoms with E-state index in [2.05, 4.69) is 22.2 Å². The highest BCUT2D eigenvalue weighted by atomic mass is 35.5. The van der Waals surface area contributed by atoms with Gasteiger partial charge in [-0.05, 0) is 32.1 Å². The van der Waals surface area contributed by atoms with E-state index in [1.54, 1.807) is 0 Å². The lowest BCUT2D eigenvalue weighted by molar-refractivity contribution is 0.233. The van der Waals surface area contributed by atoms with Crippen LogP contribution in [0.3, 0.4) is 0 Å². The monoisotopic (exact) mass is 267 g/mol. The fourth-order valence-corrected chi connectivity index (χ4v) is 2.86. The second-order valence-corrected chi connectivity index (χ2v) is 6.12. The summed E-state index contributed by atoms with van der Waals surface area (Å²) in [4.78, 5) is 8.60. The van der Waals surface area contributed by atoms with Crippen LogP contribution >= 0.6 is 11.6 Å². The Kier molecular flexibility index (Phi) is 4.10. The van der Waals surface area contributed by atoms with Crippen molar-refractivity contribution in [2.24, 2.45) is 5.41 Å². The van der Waals surface area contributed by atoms with Gasteiger partial charge in [-0.3, -0.25) is 0 Å². The average Bonchev–Trinajstić information content (AvgIpc) is 2.33. The molecule has 0 radical (unpaired) electrons. The summed E-state index contributed by atoms with van der Waals surface area (Å²) in [6.07, 6.45) is 6.68. The Hall–Kier alpha value is -0.830. The van der Waals surface area contributed by atoms with Gasteiger partial charge in [0.05, 0.1) is 0 Å². The molecule has 3 nitrogen and oxygen atoms in total. The van der Waals surface area contributed by atoms with Gasteiger partial charge < -0.3 is 5.32 Å². The van der Waals surface area contributed by atoms with Gasteiger partial charge in [0.25, 0.3) is 0 Å². The molecule has 2 rings (SSSR count). The normalized spacial score (nSPS) is 18.7. The number of aromatic nitrogens is 2. The van der Waals surface area contributed by atoms with E-state index in [-0.39, 0.29) is 0 Å². The van der Waals surface area contributed by atoms with Crippen molar-refractivity contribution >= 4 is 17.4 Å². The minimum Gasteiger partial charge on any atom is -0.369 e. The maximum Gasteiger partial charge on any atom is 0.137 e. The summed E-state index contributed by atoms with van der Waals surface area (Å²) in [5.41, 5.74) is 1.34. The van der Waals surface area contributed by atoms with Crippen LogP contribution in [-0.2, 0) is 0 Å². The predicted molar refractivity (Wildman–Crippen MR) is 76.2 cm³/mol. The molecule has 0 aromatic carbocycles. The van der Waals surface area contributed by atoms with Crippen LogP contribution < -0.4 is 5.32 Å². The zero-order valence-corrected chi connectivity index (χ0v) is 12.3. The SMILES string of the molecule is Cc1nc(Cl)c(C)c(NCC2(C)CCCCC2)n1. The van der Waals surface area contributed by atoms with Gasteiger partial charge >= 0.3 is 0 Å². The molecule has 1 fully saturated rings. The van der Waals surface area contributed by atoms with Crippen molar-refractivity contribution in [3.8, 4) is 0 Å². The van der Waals surface area contributed by atoms with Crippen LogP contribution in [0.25, 0.3) is 0 Å². The molecule has 1 saturated carbocycles. The number of hydrogen-bond donors (Lipinski definition) is 1. The van der Waals surface area contributed by atoms with Crippen LogP contribution in [0.1, 0.15) is 50.4 Å². The maximum atomic E-state index is 6.08. The molecule has 1 aliphatic rings. The van der Waals surface area contributed by atoms with Crippen LogP contribution in [0, 0.1) is 19.3 Å². The first-order chi connectivity index (χ1) is 8.50. The Labute approximate surface area is 114 Å². The summed E-state index contributed by atoms with van der Waals surface area (Å²) in [6, 6.07) is 0. The molecule has 18 heavy (non-hydrogen) atoms. The summed E-state index contributed by atoms with van der Waals surface area (Å²) < 4.78 is 0. The molecular weight excluding hydrogens is 246 g/mol. The van der Waals surface area contributed by atoms with E-state index in [1.165, 1.54) is 32.1 Å². The Morgan fingerprint density at radius 2 is 1.83 bits per heavy atom. The Morgan fingerprint density at radius 3 is 2.50 bits per heavy atom. The quantitative estimate of drug-likeness (QED) is 0.837. The van der Waals surface area contributed by atoms with Gasteiger partial charge in [-0.2, -0.15) is 0 Å². The Balaban J connectivity index is 2.05. The fourth-order valence-electron chi connectivity index (χ4n) is 2.65. The molecule has 0 atom stereocenters. The predicted octanol–water partition coefficient (Wildman–Crippen LogP) is 4.13. The van der Waals surface area contributed by atoms with E-state index < -0.39 is 0 Å². The number of anilines is 1. The van der Waals surface area contributed by atoms with Crippen molar-refractivity contribution in [3.63, 3.8) is 0 Å². The number of hydrogen-bond acceptors (Lipinski definition) is 3. The van der Waals surface area contributed by atoms with Crippen LogP contribution in [-0.4, -0.2) is 16.5 Å². The second kappa shape index (κ2) is 5.43. The third-order valence-electron chi connectivity index (χ3n) is 3.94. The zero-order valence-electron chi connectivity index (χ0n) is 11.5. The first-order valence-corrected chi connectivity index (χ1v) is 7.13. The summed E-state index contributed by atoms with van der Waals surface area (Å²) >= 11 is 6.08. The zero-order chi connectivity index (χ0) is 13.2. The number of nitrogens with zero attached hydrogens (tertiary/aromatic N) is 2. The van der Waals surface area contributed by atoms with E-state index in [4.69, 9.17) is 11.6 Å². The van der Waals surface area contributed by atoms with Crippen molar-refractivity contribution in [2.45, 2.75) is 52.9 Å². The third-order valence-corrected chi connectivity index (χ3v) is 4.31. The van der Waals surface area contributed by atoms with Crippen molar-refractivity contribution in [3.05, 3.63) is 16.5 Å². The van der Waals surface area contributed by atoms with E-state index in [0.717, 1.165) is 23.8 Å². The summed E-state index contributed by atoms with van der Waals surface area (Å²) in [7, 11) is 0. The van der Waals surface area contributed by atoms with E-state index in [9.17, 15) is 0 Å². The average molecular weight is 268 g/mol. The molecular formula is C14H22ClN3. The lowest BCUT2D eigenvalue weighted by Crippen LogP contribution is -2.29. The first kappa shape index (κ1) is 13.6. The Morgan fingerprint density at radius 1 is 1.17 bits per heavy atom. The van der Waals surface area contributed by atoms with Crippen LogP contribution in [0.15, 0.2) is 0 Å². The molecule has 1 heterocycles.